The van der Waals surface area contributed by atoms with Crippen LogP contribution in [0.2, 0.25) is 5.15 Å². The maximum atomic E-state index is 13.4. The molecule has 0 radical (unpaired) electrons. The third kappa shape index (κ3) is 2.65. The van der Waals surface area contributed by atoms with E-state index in [9.17, 15) is 8.78 Å². The van der Waals surface area contributed by atoms with Crippen molar-refractivity contribution < 1.29 is 8.78 Å². The van der Waals surface area contributed by atoms with Crippen molar-refractivity contribution in [2.24, 2.45) is 0 Å². The van der Waals surface area contributed by atoms with E-state index in [4.69, 9.17) is 17.3 Å². The lowest BCUT2D eigenvalue weighted by Crippen LogP contribution is -1.95. The predicted octanol–water partition coefficient (Wildman–Crippen LogP) is 3.14. The van der Waals surface area contributed by atoms with Crippen LogP contribution in [0.5, 0.6) is 0 Å². The van der Waals surface area contributed by atoms with Gasteiger partial charge in [0.15, 0.2) is 5.15 Å². The molecule has 88 valence electrons. The average molecular weight is 274 g/mol. The quantitative estimate of drug-likeness (QED) is 0.854. The summed E-state index contributed by atoms with van der Waals surface area (Å²) in [6.07, 6.45) is 1.21. The fraction of sp³-hybridized carbons (Fsp3) is 0. The molecule has 0 saturated heterocycles. The molecule has 1 aromatic heterocycles. The molecule has 1 heterocycles. The van der Waals surface area contributed by atoms with Gasteiger partial charge in [0.1, 0.15) is 28.7 Å². The largest absolute Gasteiger partial charge is 0.394 e. The van der Waals surface area contributed by atoms with Gasteiger partial charge in [-0.1, -0.05) is 23.4 Å². The minimum absolute atomic E-state index is 0.0827. The number of hydrogen-bond donors (Lipinski definition) is 1. The Bertz CT molecular complexity index is 565. The molecule has 0 aliphatic heterocycles. The van der Waals surface area contributed by atoms with E-state index in [-0.39, 0.29) is 20.8 Å². The molecule has 0 bridgehead atoms. The molecule has 7 heteroatoms. The van der Waals surface area contributed by atoms with Gasteiger partial charge in [-0.15, -0.1) is 0 Å². The van der Waals surface area contributed by atoms with Gasteiger partial charge in [0.2, 0.25) is 0 Å². The second kappa shape index (κ2) is 4.85. The first-order valence-electron chi connectivity index (χ1n) is 4.47. The predicted molar refractivity (Wildman–Crippen MR) is 61.9 cm³/mol. The van der Waals surface area contributed by atoms with E-state index in [1.807, 2.05) is 0 Å². The van der Waals surface area contributed by atoms with Crippen molar-refractivity contribution in [1.82, 2.24) is 9.97 Å². The SMILES string of the molecule is Nc1c(Cl)ncnc1Sc1cc(F)ccc1F. The number of benzene rings is 1. The maximum absolute atomic E-state index is 13.4. The van der Waals surface area contributed by atoms with Crippen LogP contribution < -0.4 is 5.73 Å². The molecule has 2 aromatic rings. The number of nitrogen functional groups attached to an aromatic ring is 1. The van der Waals surface area contributed by atoms with Crippen molar-refractivity contribution in [3.63, 3.8) is 0 Å². The number of aromatic nitrogens is 2. The maximum Gasteiger partial charge on any atom is 0.156 e. The highest BCUT2D eigenvalue weighted by molar-refractivity contribution is 7.99. The van der Waals surface area contributed by atoms with Crippen LogP contribution >= 0.6 is 23.4 Å². The first kappa shape index (κ1) is 12.1. The molecule has 0 aliphatic carbocycles. The summed E-state index contributed by atoms with van der Waals surface area (Å²) in [7, 11) is 0. The summed E-state index contributed by atoms with van der Waals surface area (Å²) < 4.78 is 26.3. The molecule has 0 unspecified atom stereocenters. The molecule has 2 rings (SSSR count). The summed E-state index contributed by atoms with van der Waals surface area (Å²) >= 11 is 6.59. The van der Waals surface area contributed by atoms with Gasteiger partial charge in [0.25, 0.3) is 0 Å². The van der Waals surface area contributed by atoms with E-state index >= 15 is 0 Å². The van der Waals surface area contributed by atoms with E-state index in [0.29, 0.717) is 0 Å². The molecular weight excluding hydrogens is 268 g/mol. The molecule has 0 amide bonds. The van der Waals surface area contributed by atoms with Gasteiger partial charge < -0.3 is 5.73 Å². The standard InChI is InChI=1S/C10H6ClF2N3S/c11-9-8(14)10(16-4-15-9)17-7-3-5(12)1-2-6(7)13/h1-4H,14H2. The third-order valence-electron chi connectivity index (χ3n) is 1.90. The normalized spacial score (nSPS) is 10.5. The third-order valence-corrected chi connectivity index (χ3v) is 3.25. The lowest BCUT2D eigenvalue weighted by atomic mass is 10.3. The number of nitrogens with two attached hydrogens (primary N) is 1. The zero-order valence-electron chi connectivity index (χ0n) is 8.32. The van der Waals surface area contributed by atoms with Crippen LogP contribution in [0.15, 0.2) is 34.4 Å². The van der Waals surface area contributed by atoms with Crippen LogP contribution in [0, 0.1) is 11.6 Å². The summed E-state index contributed by atoms with van der Waals surface area (Å²) in [5, 5.41) is 0.369. The molecule has 0 saturated carbocycles. The van der Waals surface area contributed by atoms with Gasteiger partial charge in [0.05, 0.1) is 4.90 Å². The molecule has 0 spiro atoms. The number of hydrogen-bond acceptors (Lipinski definition) is 4. The summed E-state index contributed by atoms with van der Waals surface area (Å²) in [6.45, 7) is 0. The first-order chi connectivity index (χ1) is 8.08. The average Bonchev–Trinajstić information content (AvgIpc) is 2.30. The van der Waals surface area contributed by atoms with Gasteiger partial charge >= 0.3 is 0 Å². The van der Waals surface area contributed by atoms with Crippen LogP contribution in [-0.4, -0.2) is 9.97 Å². The van der Waals surface area contributed by atoms with Crippen molar-refractivity contribution in [3.8, 4) is 0 Å². The first-order valence-corrected chi connectivity index (χ1v) is 5.66. The fourth-order valence-electron chi connectivity index (χ4n) is 1.10. The van der Waals surface area contributed by atoms with E-state index in [1.165, 1.54) is 6.33 Å². The van der Waals surface area contributed by atoms with Crippen molar-refractivity contribution >= 4 is 29.1 Å². The van der Waals surface area contributed by atoms with E-state index in [0.717, 1.165) is 30.0 Å². The number of halogens is 3. The summed E-state index contributed by atoms with van der Waals surface area (Å²) in [4.78, 5) is 7.62. The second-order valence-corrected chi connectivity index (χ2v) is 4.45. The Kier molecular flexibility index (Phi) is 3.44. The molecule has 17 heavy (non-hydrogen) atoms. The molecule has 3 nitrogen and oxygen atoms in total. The van der Waals surface area contributed by atoms with Gasteiger partial charge in [-0.2, -0.15) is 0 Å². The van der Waals surface area contributed by atoms with E-state index < -0.39 is 11.6 Å². The highest BCUT2D eigenvalue weighted by atomic mass is 35.5. The highest BCUT2D eigenvalue weighted by Gasteiger charge is 2.11. The van der Waals surface area contributed by atoms with E-state index in [2.05, 4.69) is 9.97 Å². The van der Waals surface area contributed by atoms with Crippen molar-refractivity contribution in [3.05, 3.63) is 41.3 Å². The Labute approximate surface area is 105 Å². The van der Waals surface area contributed by atoms with Crippen molar-refractivity contribution in [2.45, 2.75) is 9.92 Å². The van der Waals surface area contributed by atoms with Crippen molar-refractivity contribution in [1.29, 1.82) is 0 Å². The van der Waals surface area contributed by atoms with Crippen LogP contribution in [0.25, 0.3) is 0 Å². The molecule has 2 N–H and O–H groups in total. The smallest absolute Gasteiger partial charge is 0.156 e. The van der Waals surface area contributed by atoms with Gasteiger partial charge in [-0.3, -0.25) is 0 Å². The van der Waals surface area contributed by atoms with Gasteiger partial charge in [-0.25, -0.2) is 18.7 Å². The van der Waals surface area contributed by atoms with Crippen LogP contribution in [-0.2, 0) is 0 Å². The highest BCUT2D eigenvalue weighted by Crippen LogP contribution is 2.34. The Morgan fingerprint density at radius 1 is 1.24 bits per heavy atom. The minimum Gasteiger partial charge on any atom is -0.394 e. The Morgan fingerprint density at radius 2 is 2.00 bits per heavy atom. The zero-order chi connectivity index (χ0) is 12.4. The number of rotatable bonds is 2. The molecule has 1 aromatic carbocycles. The van der Waals surface area contributed by atoms with Crippen LogP contribution in [0.1, 0.15) is 0 Å². The van der Waals surface area contributed by atoms with Gasteiger partial charge in [0, 0.05) is 0 Å². The number of nitrogens with zero attached hydrogens (tertiary/aromatic N) is 2. The summed E-state index contributed by atoms with van der Waals surface area (Å²) in [5.74, 6) is -1.09. The Hall–Kier alpha value is -1.40. The Balaban J connectivity index is 2.38. The minimum atomic E-state index is -0.550. The van der Waals surface area contributed by atoms with Crippen LogP contribution in [0.4, 0.5) is 14.5 Å². The zero-order valence-corrected chi connectivity index (χ0v) is 9.90. The molecule has 0 fully saturated rings. The monoisotopic (exact) mass is 273 g/mol. The Morgan fingerprint density at radius 3 is 2.76 bits per heavy atom. The molecule has 0 atom stereocenters. The summed E-state index contributed by atoms with van der Waals surface area (Å²) in [5.41, 5.74) is 5.77. The summed E-state index contributed by atoms with van der Waals surface area (Å²) in [6, 6.07) is 3.14. The molecular formula is C10H6ClF2N3S. The molecule has 0 aliphatic rings. The van der Waals surface area contributed by atoms with Crippen molar-refractivity contribution in [2.75, 3.05) is 5.73 Å². The van der Waals surface area contributed by atoms with Gasteiger partial charge in [-0.05, 0) is 18.2 Å². The lowest BCUT2D eigenvalue weighted by molar-refractivity contribution is 0.577. The topological polar surface area (TPSA) is 51.8 Å². The number of anilines is 1. The van der Waals surface area contributed by atoms with Crippen LogP contribution in [0.3, 0.4) is 0 Å². The lowest BCUT2D eigenvalue weighted by Gasteiger charge is -2.05. The second-order valence-electron chi connectivity index (χ2n) is 3.06. The fourth-order valence-corrected chi connectivity index (χ4v) is 2.14. The van der Waals surface area contributed by atoms with E-state index in [1.54, 1.807) is 0 Å².